The van der Waals surface area contributed by atoms with E-state index >= 15 is 0 Å². The summed E-state index contributed by atoms with van der Waals surface area (Å²) in [5.74, 6) is 1.99. The van der Waals surface area contributed by atoms with E-state index in [1.165, 1.54) is 0 Å². The van der Waals surface area contributed by atoms with E-state index in [0.29, 0.717) is 6.67 Å². The summed E-state index contributed by atoms with van der Waals surface area (Å²) >= 11 is 0. The molecule has 1 fully saturated rings. The van der Waals surface area contributed by atoms with Crippen LogP contribution in [0.15, 0.2) is 101 Å². The Labute approximate surface area is 166 Å². The van der Waals surface area contributed by atoms with Crippen LogP contribution in [-0.2, 0) is 0 Å². The molecule has 0 radical (unpaired) electrons. The van der Waals surface area contributed by atoms with Gasteiger partial charge in [0.2, 0.25) is 0 Å². The van der Waals surface area contributed by atoms with Crippen LogP contribution < -0.4 is 5.32 Å². The molecule has 1 saturated heterocycles. The number of amidine groups is 2. The number of nitrogens with one attached hydrogen (secondary N) is 1. The predicted octanol–water partition coefficient (Wildman–Crippen LogP) is 5.33. The monoisotopic (exact) mass is 368 g/mol. The van der Waals surface area contributed by atoms with Crippen molar-refractivity contribution < 1.29 is 0 Å². The lowest BCUT2D eigenvalue weighted by atomic mass is 10.2. The molecule has 1 aliphatic heterocycles. The maximum Gasteiger partial charge on any atom is 0.134 e. The number of para-hydroxylation sites is 2. The Morgan fingerprint density at radius 3 is 2.18 bits per heavy atom. The van der Waals surface area contributed by atoms with Gasteiger partial charge in [-0.25, -0.2) is 9.98 Å². The lowest BCUT2D eigenvalue weighted by molar-refractivity contribution is 0.469. The molecular weight excluding hydrogens is 344 g/mol. The highest BCUT2D eigenvalue weighted by Gasteiger charge is 2.18. The number of aliphatic imine (C=N–C) groups is 2. The van der Waals surface area contributed by atoms with Crippen LogP contribution in [0.2, 0.25) is 0 Å². The molecule has 0 bridgehead atoms. The van der Waals surface area contributed by atoms with E-state index in [1.807, 2.05) is 66.7 Å². The van der Waals surface area contributed by atoms with Crippen molar-refractivity contribution in [2.45, 2.75) is 12.8 Å². The molecule has 3 aromatic carbocycles. The number of hydrogen-bond donors (Lipinski definition) is 1. The van der Waals surface area contributed by atoms with Crippen LogP contribution in [0.1, 0.15) is 18.4 Å². The average Bonchev–Trinajstić information content (AvgIpc) is 3.20. The Morgan fingerprint density at radius 1 is 0.821 bits per heavy atom. The van der Waals surface area contributed by atoms with Crippen LogP contribution in [-0.4, -0.2) is 29.8 Å². The second kappa shape index (κ2) is 9.00. The fraction of sp³-hybridized carbons (Fsp3) is 0.167. The maximum absolute atomic E-state index is 4.91. The first-order valence-electron chi connectivity index (χ1n) is 9.68. The molecule has 140 valence electrons. The molecule has 0 spiro atoms. The molecule has 0 atom stereocenters. The number of likely N-dealkylation sites (tertiary alicyclic amines) is 1. The fourth-order valence-electron chi connectivity index (χ4n) is 3.26. The zero-order chi connectivity index (χ0) is 19.0. The summed E-state index contributed by atoms with van der Waals surface area (Å²) in [7, 11) is 0. The van der Waals surface area contributed by atoms with E-state index < -0.39 is 0 Å². The predicted molar refractivity (Wildman–Crippen MR) is 117 cm³/mol. The van der Waals surface area contributed by atoms with E-state index in [4.69, 9.17) is 9.98 Å². The van der Waals surface area contributed by atoms with Crippen LogP contribution in [0.4, 0.5) is 11.4 Å². The maximum atomic E-state index is 4.91. The molecule has 0 unspecified atom stereocenters. The quantitative estimate of drug-likeness (QED) is 0.488. The van der Waals surface area contributed by atoms with Crippen molar-refractivity contribution in [2.75, 3.05) is 18.5 Å². The molecule has 1 heterocycles. The van der Waals surface area contributed by atoms with E-state index in [-0.39, 0.29) is 0 Å². The molecule has 1 aliphatic rings. The highest BCUT2D eigenvalue weighted by molar-refractivity contribution is 6.08. The highest BCUT2D eigenvalue weighted by Crippen LogP contribution is 2.18. The zero-order valence-corrected chi connectivity index (χ0v) is 15.8. The first-order valence-corrected chi connectivity index (χ1v) is 9.68. The Morgan fingerprint density at radius 2 is 1.46 bits per heavy atom. The minimum atomic E-state index is 0.593. The van der Waals surface area contributed by atoms with Crippen molar-refractivity contribution in [1.82, 2.24) is 4.90 Å². The standard InChI is InChI=1S/C24H24N4/c1-4-11-20(12-5-1)24(27-22-15-8-3-9-16-22)25-19-28-18-10-17-23(28)26-21-13-6-2-7-14-21/h1-9,11-16H,10,17-19H2,(H,25,27). The lowest BCUT2D eigenvalue weighted by Crippen LogP contribution is -2.27. The molecule has 0 saturated carbocycles. The Hall–Kier alpha value is -3.40. The normalized spacial score (nSPS) is 15.8. The largest absolute Gasteiger partial charge is 0.340 e. The van der Waals surface area contributed by atoms with Gasteiger partial charge in [0.1, 0.15) is 18.3 Å². The first kappa shape index (κ1) is 18.0. The van der Waals surface area contributed by atoms with Crippen molar-refractivity contribution in [1.29, 1.82) is 0 Å². The van der Waals surface area contributed by atoms with Crippen molar-refractivity contribution in [3.05, 3.63) is 96.6 Å². The third-order valence-electron chi connectivity index (χ3n) is 4.69. The SMILES string of the molecule is c1ccc(N=C2CCCN2CN=C(Nc2ccccc2)c2ccccc2)cc1. The van der Waals surface area contributed by atoms with Crippen LogP contribution in [0, 0.1) is 0 Å². The van der Waals surface area contributed by atoms with Gasteiger partial charge in [-0.3, -0.25) is 0 Å². The number of benzene rings is 3. The molecule has 3 aromatic rings. The number of nitrogens with zero attached hydrogens (tertiary/aromatic N) is 3. The number of hydrogen-bond acceptors (Lipinski definition) is 2. The summed E-state index contributed by atoms with van der Waals surface area (Å²) in [5, 5.41) is 3.47. The third-order valence-corrected chi connectivity index (χ3v) is 4.69. The van der Waals surface area contributed by atoms with E-state index in [0.717, 1.165) is 48.0 Å². The van der Waals surface area contributed by atoms with Gasteiger partial charge in [-0.1, -0.05) is 66.7 Å². The van der Waals surface area contributed by atoms with Gasteiger partial charge in [0.05, 0.1) is 5.69 Å². The Balaban J connectivity index is 1.55. The first-order chi connectivity index (χ1) is 13.9. The second-order valence-corrected chi connectivity index (χ2v) is 6.74. The Kier molecular flexibility index (Phi) is 5.78. The summed E-state index contributed by atoms with van der Waals surface area (Å²) in [6, 6.07) is 30.6. The topological polar surface area (TPSA) is 40.0 Å². The molecule has 4 heteroatoms. The van der Waals surface area contributed by atoms with Crippen molar-refractivity contribution >= 4 is 23.0 Å². The van der Waals surface area contributed by atoms with E-state index in [2.05, 4.69) is 34.5 Å². The molecule has 4 nitrogen and oxygen atoms in total. The smallest absolute Gasteiger partial charge is 0.134 e. The summed E-state index contributed by atoms with van der Waals surface area (Å²) in [4.78, 5) is 12.0. The average molecular weight is 368 g/mol. The van der Waals surface area contributed by atoms with Gasteiger partial charge in [-0.2, -0.15) is 0 Å². The molecule has 4 rings (SSSR count). The van der Waals surface area contributed by atoms with Crippen LogP contribution in [0.3, 0.4) is 0 Å². The van der Waals surface area contributed by atoms with Crippen molar-refractivity contribution in [3.63, 3.8) is 0 Å². The van der Waals surface area contributed by atoms with Gasteiger partial charge in [-0.15, -0.1) is 0 Å². The van der Waals surface area contributed by atoms with Crippen LogP contribution in [0.25, 0.3) is 0 Å². The summed E-state index contributed by atoms with van der Waals surface area (Å²) < 4.78 is 0. The van der Waals surface area contributed by atoms with Gasteiger partial charge in [-0.05, 0) is 30.7 Å². The van der Waals surface area contributed by atoms with Gasteiger partial charge in [0, 0.05) is 24.2 Å². The number of anilines is 1. The van der Waals surface area contributed by atoms with Crippen molar-refractivity contribution in [3.8, 4) is 0 Å². The third kappa shape index (κ3) is 4.65. The van der Waals surface area contributed by atoms with Gasteiger partial charge < -0.3 is 10.2 Å². The van der Waals surface area contributed by atoms with E-state index in [9.17, 15) is 0 Å². The minimum absolute atomic E-state index is 0.593. The van der Waals surface area contributed by atoms with E-state index in [1.54, 1.807) is 0 Å². The lowest BCUT2D eigenvalue weighted by Gasteiger charge is -2.18. The molecule has 1 N–H and O–H groups in total. The molecular formula is C24H24N4. The Bertz CT molecular complexity index is 934. The highest BCUT2D eigenvalue weighted by atomic mass is 15.3. The molecule has 0 aliphatic carbocycles. The van der Waals surface area contributed by atoms with Gasteiger partial charge >= 0.3 is 0 Å². The van der Waals surface area contributed by atoms with Crippen LogP contribution in [0.5, 0.6) is 0 Å². The molecule has 0 aromatic heterocycles. The zero-order valence-electron chi connectivity index (χ0n) is 15.8. The summed E-state index contributed by atoms with van der Waals surface area (Å²) in [6.07, 6.45) is 2.12. The number of rotatable bonds is 5. The summed E-state index contributed by atoms with van der Waals surface area (Å²) in [5.41, 5.74) is 3.11. The van der Waals surface area contributed by atoms with Crippen LogP contribution >= 0.6 is 0 Å². The molecule has 0 amide bonds. The fourth-order valence-corrected chi connectivity index (χ4v) is 3.26. The van der Waals surface area contributed by atoms with Crippen molar-refractivity contribution in [2.24, 2.45) is 9.98 Å². The second-order valence-electron chi connectivity index (χ2n) is 6.74. The molecule has 28 heavy (non-hydrogen) atoms. The van der Waals surface area contributed by atoms with Gasteiger partial charge in [0.25, 0.3) is 0 Å². The summed E-state index contributed by atoms with van der Waals surface area (Å²) in [6.45, 7) is 1.58. The van der Waals surface area contributed by atoms with Gasteiger partial charge in [0.15, 0.2) is 0 Å². The minimum Gasteiger partial charge on any atom is -0.340 e.